The monoisotopic (exact) mass is 752 g/mol. The van der Waals surface area contributed by atoms with E-state index in [1.165, 1.54) is 128 Å². The van der Waals surface area contributed by atoms with E-state index in [0.29, 0.717) is 12.8 Å². The third kappa shape index (κ3) is 41.0. The van der Waals surface area contributed by atoms with Crippen molar-refractivity contribution >= 4 is 5.91 Å². The lowest BCUT2D eigenvalue weighted by molar-refractivity contribution is -0.123. The smallest absolute Gasteiger partial charge is 0.220 e. The number of amides is 1. The Morgan fingerprint density at radius 1 is 0.463 bits per heavy atom. The first-order valence-corrected chi connectivity index (χ1v) is 23.1. The lowest BCUT2D eigenvalue weighted by atomic mass is 10.0. The van der Waals surface area contributed by atoms with Crippen LogP contribution in [0.4, 0.5) is 0 Å². The number of hydrogen-bond acceptors (Lipinski definition) is 3. The highest BCUT2D eigenvalue weighted by Gasteiger charge is 2.20. The molecule has 0 saturated carbocycles. The fraction of sp³-hybridized carbons (Fsp3) is 0.740. The standard InChI is InChI=1S/C50H89NO3/c1-3-5-7-9-11-13-15-16-17-18-19-20-21-22-23-24-25-26-27-28-29-30-31-32-33-34-36-38-40-42-44-46-50(54)51-48(47-52)49(53)45-43-41-39-37-35-14-12-10-8-6-4-2/h5,7,11,13,16-17,19-20,22-23,25-26,48-49,52-53H,3-4,6,8-10,12,14-15,18,21,24,27-47H2,1-2H3,(H,51,54)/b7-5-,13-11-,17-16-,20-19-,23-22-,26-25-. The van der Waals surface area contributed by atoms with Crippen LogP contribution >= 0.6 is 0 Å². The van der Waals surface area contributed by atoms with Crippen LogP contribution in [0.5, 0.6) is 0 Å². The van der Waals surface area contributed by atoms with Crippen molar-refractivity contribution in [3.8, 4) is 0 Å². The van der Waals surface area contributed by atoms with Gasteiger partial charge in [0, 0.05) is 6.42 Å². The van der Waals surface area contributed by atoms with E-state index in [1.54, 1.807) is 0 Å². The highest BCUT2D eigenvalue weighted by molar-refractivity contribution is 5.76. The average molecular weight is 752 g/mol. The zero-order valence-corrected chi connectivity index (χ0v) is 35.7. The lowest BCUT2D eigenvalue weighted by Crippen LogP contribution is -2.45. The number of nitrogens with one attached hydrogen (secondary N) is 1. The summed E-state index contributed by atoms with van der Waals surface area (Å²) in [5.74, 6) is -0.0376. The molecule has 0 aliphatic heterocycles. The predicted molar refractivity (Wildman–Crippen MR) is 239 cm³/mol. The van der Waals surface area contributed by atoms with Crippen molar-refractivity contribution in [3.63, 3.8) is 0 Å². The SMILES string of the molecule is CC/C=C\C/C=C\C/C=C\C/C=C\C/C=C\C/C=C\CCCCCCCCCCCCCCC(=O)NC(CO)C(O)CCCCCCCCCCCCC. The number of allylic oxidation sites excluding steroid dienone is 12. The summed E-state index contributed by atoms with van der Waals surface area (Å²) >= 11 is 0. The predicted octanol–water partition coefficient (Wildman–Crippen LogP) is 14.7. The summed E-state index contributed by atoms with van der Waals surface area (Å²) < 4.78 is 0. The molecule has 0 spiro atoms. The zero-order valence-electron chi connectivity index (χ0n) is 35.7. The largest absolute Gasteiger partial charge is 0.394 e. The van der Waals surface area contributed by atoms with Crippen molar-refractivity contribution in [1.82, 2.24) is 5.32 Å². The van der Waals surface area contributed by atoms with Crippen molar-refractivity contribution in [2.75, 3.05) is 6.61 Å². The Morgan fingerprint density at radius 3 is 1.22 bits per heavy atom. The Balaban J connectivity index is 3.52. The maximum Gasteiger partial charge on any atom is 0.220 e. The van der Waals surface area contributed by atoms with Gasteiger partial charge in [-0.25, -0.2) is 0 Å². The minimum Gasteiger partial charge on any atom is -0.394 e. The molecule has 0 heterocycles. The molecule has 0 aromatic carbocycles. The number of unbranched alkanes of at least 4 members (excludes halogenated alkanes) is 22. The summed E-state index contributed by atoms with van der Waals surface area (Å²) in [6.07, 6.45) is 64.2. The van der Waals surface area contributed by atoms with Crippen molar-refractivity contribution < 1.29 is 15.0 Å². The first kappa shape index (κ1) is 51.8. The van der Waals surface area contributed by atoms with Gasteiger partial charge in [-0.3, -0.25) is 4.79 Å². The fourth-order valence-corrected chi connectivity index (χ4v) is 6.72. The summed E-state index contributed by atoms with van der Waals surface area (Å²) in [6, 6.07) is -0.539. The van der Waals surface area contributed by atoms with Gasteiger partial charge in [0.15, 0.2) is 0 Å². The fourth-order valence-electron chi connectivity index (χ4n) is 6.72. The van der Waals surface area contributed by atoms with Crippen LogP contribution < -0.4 is 5.32 Å². The van der Waals surface area contributed by atoms with Gasteiger partial charge in [-0.05, 0) is 64.2 Å². The minimum atomic E-state index is -0.661. The summed E-state index contributed by atoms with van der Waals surface area (Å²) in [7, 11) is 0. The minimum absolute atomic E-state index is 0.0376. The van der Waals surface area contributed by atoms with Gasteiger partial charge >= 0.3 is 0 Å². The first-order valence-electron chi connectivity index (χ1n) is 23.1. The molecule has 312 valence electrons. The van der Waals surface area contributed by atoms with Crippen LogP contribution in [0, 0.1) is 0 Å². The Hall–Kier alpha value is -2.17. The molecule has 0 saturated heterocycles. The van der Waals surface area contributed by atoms with Crippen LogP contribution in [0.25, 0.3) is 0 Å². The third-order valence-corrected chi connectivity index (χ3v) is 10.2. The molecule has 0 radical (unpaired) electrons. The van der Waals surface area contributed by atoms with Crippen LogP contribution in [0.3, 0.4) is 0 Å². The zero-order chi connectivity index (χ0) is 39.3. The van der Waals surface area contributed by atoms with Gasteiger partial charge in [-0.15, -0.1) is 0 Å². The maximum absolute atomic E-state index is 12.4. The van der Waals surface area contributed by atoms with Gasteiger partial charge in [0.2, 0.25) is 5.91 Å². The van der Waals surface area contributed by atoms with E-state index in [9.17, 15) is 15.0 Å². The Kier molecular flexibility index (Phi) is 43.4. The second-order valence-corrected chi connectivity index (χ2v) is 15.4. The van der Waals surface area contributed by atoms with Crippen LogP contribution in [-0.4, -0.2) is 34.9 Å². The molecule has 54 heavy (non-hydrogen) atoms. The first-order chi connectivity index (χ1) is 26.7. The van der Waals surface area contributed by atoms with Gasteiger partial charge in [-0.1, -0.05) is 222 Å². The molecule has 0 aromatic rings. The van der Waals surface area contributed by atoms with E-state index in [4.69, 9.17) is 0 Å². The van der Waals surface area contributed by atoms with Crippen LogP contribution in [0.2, 0.25) is 0 Å². The van der Waals surface area contributed by atoms with E-state index in [0.717, 1.165) is 64.2 Å². The number of hydrogen-bond donors (Lipinski definition) is 3. The molecule has 1 amide bonds. The molecule has 0 aliphatic carbocycles. The summed E-state index contributed by atoms with van der Waals surface area (Å²) in [6.45, 7) is 4.23. The van der Waals surface area contributed by atoms with Gasteiger partial charge in [-0.2, -0.15) is 0 Å². The topological polar surface area (TPSA) is 69.6 Å². The molecule has 0 fully saturated rings. The van der Waals surface area contributed by atoms with Gasteiger partial charge < -0.3 is 15.5 Å². The van der Waals surface area contributed by atoms with Gasteiger partial charge in [0.05, 0.1) is 18.8 Å². The summed E-state index contributed by atoms with van der Waals surface area (Å²) in [5.41, 5.74) is 0. The molecule has 2 atom stereocenters. The molecule has 0 aromatic heterocycles. The second kappa shape index (κ2) is 45.2. The Labute approximate surface area is 336 Å². The third-order valence-electron chi connectivity index (χ3n) is 10.2. The number of aliphatic hydroxyl groups excluding tert-OH is 2. The number of aliphatic hydroxyl groups is 2. The number of carbonyl (C=O) groups is 1. The van der Waals surface area contributed by atoms with Crippen molar-refractivity contribution in [2.24, 2.45) is 0 Å². The highest BCUT2D eigenvalue weighted by atomic mass is 16.3. The molecular formula is C50H89NO3. The van der Waals surface area contributed by atoms with Crippen molar-refractivity contribution in [2.45, 2.75) is 231 Å². The molecule has 4 nitrogen and oxygen atoms in total. The molecule has 2 unspecified atom stereocenters. The second-order valence-electron chi connectivity index (χ2n) is 15.4. The highest BCUT2D eigenvalue weighted by Crippen LogP contribution is 2.15. The van der Waals surface area contributed by atoms with Crippen LogP contribution in [-0.2, 0) is 4.79 Å². The summed E-state index contributed by atoms with van der Waals surface area (Å²) in [5, 5.41) is 23.1. The molecule has 0 aliphatic rings. The van der Waals surface area contributed by atoms with Gasteiger partial charge in [0.1, 0.15) is 0 Å². The molecule has 0 rings (SSSR count). The van der Waals surface area contributed by atoms with Crippen molar-refractivity contribution in [3.05, 3.63) is 72.9 Å². The van der Waals surface area contributed by atoms with E-state index in [-0.39, 0.29) is 12.5 Å². The quantitative estimate of drug-likeness (QED) is 0.0430. The van der Waals surface area contributed by atoms with Gasteiger partial charge in [0.25, 0.3) is 0 Å². The van der Waals surface area contributed by atoms with E-state index in [1.807, 2.05) is 0 Å². The molecule has 3 N–H and O–H groups in total. The number of rotatable bonds is 41. The normalized spacial score (nSPS) is 13.6. The van der Waals surface area contributed by atoms with Crippen LogP contribution in [0.1, 0.15) is 219 Å². The van der Waals surface area contributed by atoms with E-state index in [2.05, 4.69) is 92.1 Å². The average Bonchev–Trinajstić information content (AvgIpc) is 3.18. The van der Waals surface area contributed by atoms with Crippen LogP contribution in [0.15, 0.2) is 72.9 Å². The molecule has 4 heteroatoms. The van der Waals surface area contributed by atoms with E-state index < -0.39 is 12.1 Å². The maximum atomic E-state index is 12.4. The van der Waals surface area contributed by atoms with Crippen molar-refractivity contribution in [1.29, 1.82) is 0 Å². The lowest BCUT2D eigenvalue weighted by Gasteiger charge is -2.22. The van der Waals surface area contributed by atoms with E-state index >= 15 is 0 Å². The summed E-state index contributed by atoms with van der Waals surface area (Å²) in [4.78, 5) is 12.4. The Morgan fingerprint density at radius 2 is 0.815 bits per heavy atom. The molecule has 0 bridgehead atoms. The number of carbonyl (C=O) groups excluding carboxylic acids is 1. The Bertz CT molecular complexity index is 946. The molecular weight excluding hydrogens is 663 g/mol.